The molecule has 0 radical (unpaired) electrons. The molecule has 2 aromatic rings. The Labute approximate surface area is 125 Å². The minimum Gasteiger partial charge on any atom is -0.493 e. The highest BCUT2D eigenvalue weighted by molar-refractivity contribution is 5.74. The van der Waals surface area contributed by atoms with Crippen molar-refractivity contribution < 1.29 is 9.47 Å². The third-order valence-electron chi connectivity index (χ3n) is 3.53. The van der Waals surface area contributed by atoms with E-state index in [1.54, 1.807) is 20.3 Å². The minimum atomic E-state index is 0.486. The number of rotatable bonds is 4. The van der Waals surface area contributed by atoms with E-state index in [1.807, 2.05) is 18.2 Å². The maximum absolute atomic E-state index is 9.36. The van der Waals surface area contributed by atoms with Crippen molar-refractivity contribution in [3.05, 3.63) is 47.5 Å². The van der Waals surface area contributed by atoms with E-state index in [-0.39, 0.29) is 0 Å². The Kier molecular flexibility index (Phi) is 4.49. The summed E-state index contributed by atoms with van der Waals surface area (Å²) in [4.78, 5) is 0. The summed E-state index contributed by atoms with van der Waals surface area (Å²) in [6, 6.07) is 14.1. The van der Waals surface area contributed by atoms with Gasteiger partial charge >= 0.3 is 0 Å². The molecular weight excluding hydrogens is 262 g/mol. The molecule has 0 saturated carbocycles. The fourth-order valence-corrected chi connectivity index (χ4v) is 2.26. The quantitative estimate of drug-likeness (QED) is 0.836. The van der Waals surface area contributed by atoms with E-state index in [1.165, 1.54) is 5.56 Å². The molecule has 0 N–H and O–H groups in total. The molecule has 2 aromatic carbocycles. The summed E-state index contributed by atoms with van der Waals surface area (Å²) in [6.07, 6.45) is 0. The zero-order chi connectivity index (χ0) is 15.4. The number of benzene rings is 2. The molecule has 3 nitrogen and oxygen atoms in total. The normalized spacial score (nSPS) is 10.3. The van der Waals surface area contributed by atoms with Gasteiger partial charge in [0.05, 0.1) is 25.9 Å². The largest absolute Gasteiger partial charge is 0.493 e. The highest BCUT2D eigenvalue weighted by atomic mass is 16.5. The summed E-state index contributed by atoms with van der Waals surface area (Å²) >= 11 is 0. The second-order valence-electron chi connectivity index (χ2n) is 5.14. The molecule has 0 aliphatic carbocycles. The molecule has 2 rings (SSSR count). The third-order valence-corrected chi connectivity index (χ3v) is 3.53. The lowest BCUT2D eigenvalue weighted by molar-refractivity contribution is 0.355. The van der Waals surface area contributed by atoms with Gasteiger partial charge < -0.3 is 9.47 Å². The molecule has 0 heterocycles. The summed E-state index contributed by atoms with van der Waals surface area (Å²) in [5.74, 6) is 1.68. The van der Waals surface area contributed by atoms with Crippen LogP contribution >= 0.6 is 0 Å². The lowest BCUT2D eigenvalue weighted by Gasteiger charge is -2.12. The highest BCUT2D eigenvalue weighted by Gasteiger charge is 2.12. The second kappa shape index (κ2) is 6.32. The molecule has 0 spiro atoms. The molecule has 0 saturated heterocycles. The van der Waals surface area contributed by atoms with Crippen LogP contribution in [0.1, 0.15) is 30.9 Å². The molecule has 0 aromatic heterocycles. The average molecular weight is 281 g/mol. The lowest BCUT2D eigenvalue weighted by Crippen LogP contribution is -1.94. The van der Waals surface area contributed by atoms with E-state index < -0.39 is 0 Å². The fourth-order valence-electron chi connectivity index (χ4n) is 2.26. The van der Waals surface area contributed by atoms with Crippen LogP contribution in [0.3, 0.4) is 0 Å². The van der Waals surface area contributed by atoms with E-state index >= 15 is 0 Å². The number of nitrogens with zero attached hydrogens (tertiary/aromatic N) is 1. The molecule has 0 bridgehead atoms. The topological polar surface area (TPSA) is 42.2 Å². The van der Waals surface area contributed by atoms with Gasteiger partial charge in [-0.2, -0.15) is 5.26 Å². The van der Waals surface area contributed by atoms with Crippen LogP contribution in [0.25, 0.3) is 11.1 Å². The van der Waals surface area contributed by atoms with Gasteiger partial charge in [0, 0.05) is 11.6 Å². The monoisotopic (exact) mass is 281 g/mol. The Morgan fingerprint density at radius 1 is 0.952 bits per heavy atom. The van der Waals surface area contributed by atoms with Gasteiger partial charge in [0.1, 0.15) is 0 Å². The van der Waals surface area contributed by atoms with Gasteiger partial charge in [-0.3, -0.25) is 0 Å². The van der Waals surface area contributed by atoms with Crippen LogP contribution in [0.15, 0.2) is 36.4 Å². The lowest BCUT2D eigenvalue weighted by atomic mass is 9.96. The van der Waals surface area contributed by atoms with Crippen molar-refractivity contribution in [2.45, 2.75) is 19.8 Å². The van der Waals surface area contributed by atoms with Gasteiger partial charge in [0.25, 0.3) is 0 Å². The van der Waals surface area contributed by atoms with Gasteiger partial charge in [0.15, 0.2) is 11.5 Å². The molecular formula is C18H19NO2. The van der Waals surface area contributed by atoms with Crippen LogP contribution in [0.5, 0.6) is 11.5 Å². The smallest absolute Gasteiger partial charge is 0.162 e. The standard InChI is InChI=1S/C18H19NO2/c1-12(2)13-5-7-14(8-6-13)16-10-18(21-4)17(20-3)9-15(16)11-19/h5-10,12H,1-4H3. The van der Waals surface area contributed by atoms with Gasteiger partial charge in [-0.25, -0.2) is 0 Å². The molecule has 3 heteroatoms. The summed E-state index contributed by atoms with van der Waals surface area (Å²) in [5.41, 5.74) is 3.70. The van der Waals surface area contributed by atoms with E-state index in [0.29, 0.717) is 23.0 Å². The van der Waals surface area contributed by atoms with Crippen molar-refractivity contribution in [1.29, 1.82) is 5.26 Å². The zero-order valence-electron chi connectivity index (χ0n) is 12.8. The van der Waals surface area contributed by atoms with Crippen molar-refractivity contribution in [1.82, 2.24) is 0 Å². The van der Waals surface area contributed by atoms with E-state index in [2.05, 4.69) is 32.0 Å². The molecule has 108 valence electrons. The van der Waals surface area contributed by atoms with Gasteiger partial charge in [-0.15, -0.1) is 0 Å². The van der Waals surface area contributed by atoms with Crippen LogP contribution in [0.4, 0.5) is 0 Å². The third kappa shape index (κ3) is 3.00. The number of hydrogen-bond donors (Lipinski definition) is 0. The van der Waals surface area contributed by atoms with Crippen molar-refractivity contribution in [2.24, 2.45) is 0 Å². The van der Waals surface area contributed by atoms with Crippen LogP contribution in [0, 0.1) is 11.3 Å². The molecule has 0 amide bonds. The first-order valence-corrected chi connectivity index (χ1v) is 6.87. The second-order valence-corrected chi connectivity index (χ2v) is 5.14. The summed E-state index contributed by atoms with van der Waals surface area (Å²) in [6.45, 7) is 4.32. The molecule has 0 atom stereocenters. The first-order chi connectivity index (χ1) is 10.1. The maximum atomic E-state index is 9.36. The molecule has 0 aliphatic rings. The minimum absolute atomic E-state index is 0.486. The molecule has 0 aliphatic heterocycles. The van der Waals surface area contributed by atoms with E-state index in [4.69, 9.17) is 9.47 Å². The number of nitriles is 1. The Morgan fingerprint density at radius 3 is 2.00 bits per heavy atom. The van der Waals surface area contributed by atoms with E-state index in [9.17, 15) is 5.26 Å². The molecule has 0 fully saturated rings. The predicted molar refractivity (Wildman–Crippen MR) is 83.8 cm³/mol. The highest BCUT2D eigenvalue weighted by Crippen LogP contribution is 2.35. The van der Waals surface area contributed by atoms with Crippen LogP contribution in [-0.4, -0.2) is 14.2 Å². The Morgan fingerprint density at radius 2 is 1.52 bits per heavy atom. The van der Waals surface area contributed by atoms with Crippen LogP contribution in [-0.2, 0) is 0 Å². The summed E-state index contributed by atoms with van der Waals surface area (Å²) in [5, 5.41) is 9.36. The zero-order valence-corrected chi connectivity index (χ0v) is 12.8. The van der Waals surface area contributed by atoms with Gasteiger partial charge in [-0.1, -0.05) is 38.1 Å². The first kappa shape index (κ1) is 14.9. The van der Waals surface area contributed by atoms with Crippen molar-refractivity contribution in [3.8, 4) is 28.7 Å². The van der Waals surface area contributed by atoms with Crippen molar-refractivity contribution in [3.63, 3.8) is 0 Å². The number of methoxy groups -OCH3 is 2. The van der Waals surface area contributed by atoms with Crippen LogP contribution < -0.4 is 9.47 Å². The molecule has 21 heavy (non-hydrogen) atoms. The maximum Gasteiger partial charge on any atom is 0.162 e. The van der Waals surface area contributed by atoms with Gasteiger partial charge in [-0.05, 0) is 23.1 Å². The van der Waals surface area contributed by atoms with E-state index in [0.717, 1.165) is 11.1 Å². The van der Waals surface area contributed by atoms with Crippen molar-refractivity contribution >= 4 is 0 Å². The Hall–Kier alpha value is -2.47. The fraction of sp³-hybridized carbons (Fsp3) is 0.278. The summed E-state index contributed by atoms with van der Waals surface area (Å²) in [7, 11) is 3.16. The predicted octanol–water partition coefficient (Wildman–Crippen LogP) is 4.37. The SMILES string of the molecule is COc1cc(C#N)c(-c2ccc(C(C)C)cc2)cc1OC. The van der Waals surface area contributed by atoms with Gasteiger partial charge in [0.2, 0.25) is 0 Å². The average Bonchev–Trinajstić information content (AvgIpc) is 2.53. The number of ether oxygens (including phenoxy) is 2. The van der Waals surface area contributed by atoms with Crippen LogP contribution in [0.2, 0.25) is 0 Å². The summed E-state index contributed by atoms with van der Waals surface area (Å²) < 4.78 is 10.6. The molecule has 0 unspecified atom stereocenters. The Bertz CT molecular complexity index is 667. The number of hydrogen-bond acceptors (Lipinski definition) is 3. The Balaban J connectivity index is 2.54. The first-order valence-electron chi connectivity index (χ1n) is 6.87. The van der Waals surface area contributed by atoms with Crippen molar-refractivity contribution in [2.75, 3.05) is 14.2 Å².